The van der Waals surface area contributed by atoms with E-state index >= 15 is 0 Å². The van der Waals surface area contributed by atoms with E-state index in [1.807, 2.05) is 31.2 Å². The lowest BCUT2D eigenvalue weighted by molar-refractivity contribution is 0.102. The number of hydrogen-bond donors (Lipinski definition) is 1. The number of rotatable bonds is 4. The Hall–Kier alpha value is -2.37. The summed E-state index contributed by atoms with van der Waals surface area (Å²) in [6.07, 6.45) is 5.86. The molecular formula is C21H19ClN2O2S. The topological polar surface area (TPSA) is 54.6 Å². The van der Waals surface area contributed by atoms with Crippen molar-refractivity contribution in [3.63, 3.8) is 0 Å². The first kappa shape index (κ1) is 18.0. The van der Waals surface area contributed by atoms with Crippen LogP contribution in [0.1, 0.15) is 45.2 Å². The smallest absolute Gasteiger partial charge is 0.259 e. The normalized spacial score (nSPS) is 13.7. The molecule has 27 heavy (non-hydrogen) atoms. The molecule has 0 fully saturated rings. The number of thiophene rings is 1. The molecule has 2 heterocycles. The van der Waals surface area contributed by atoms with Gasteiger partial charge in [-0.15, -0.1) is 11.3 Å². The zero-order valence-electron chi connectivity index (χ0n) is 14.9. The summed E-state index contributed by atoms with van der Waals surface area (Å²) in [6.45, 7) is 1.89. The van der Waals surface area contributed by atoms with Crippen LogP contribution in [0, 0.1) is 6.92 Å². The fraction of sp³-hybridized carbons (Fsp3) is 0.238. The van der Waals surface area contributed by atoms with Crippen molar-refractivity contribution in [1.29, 1.82) is 0 Å². The third-order valence-electron chi connectivity index (χ3n) is 4.53. The van der Waals surface area contributed by atoms with Gasteiger partial charge in [0.2, 0.25) is 0 Å². The molecule has 0 saturated carbocycles. The van der Waals surface area contributed by atoms with Gasteiger partial charge in [-0.2, -0.15) is 0 Å². The second-order valence-electron chi connectivity index (χ2n) is 6.56. The van der Waals surface area contributed by atoms with Gasteiger partial charge in [0.15, 0.2) is 0 Å². The average molecular weight is 399 g/mol. The van der Waals surface area contributed by atoms with Crippen molar-refractivity contribution in [3.8, 4) is 0 Å². The minimum Gasteiger partial charge on any atom is -0.460 e. The van der Waals surface area contributed by atoms with Gasteiger partial charge < -0.3 is 9.73 Å². The molecule has 0 unspecified atom stereocenters. The largest absolute Gasteiger partial charge is 0.460 e. The molecule has 1 aromatic carbocycles. The molecule has 0 atom stereocenters. The quantitative estimate of drug-likeness (QED) is 0.533. The molecule has 0 spiro atoms. The molecule has 1 aliphatic carbocycles. The summed E-state index contributed by atoms with van der Waals surface area (Å²) in [4.78, 5) is 18.9. The first-order valence-electron chi connectivity index (χ1n) is 8.92. The maximum absolute atomic E-state index is 13.0. The average Bonchev–Trinajstić information content (AvgIpc) is 3.22. The lowest BCUT2D eigenvalue weighted by atomic mass is 9.95. The van der Waals surface area contributed by atoms with Gasteiger partial charge in [-0.25, -0.2) is 4.99 Å². The number of furan rings is 1. The summed E-state index contributed by atoms with van der Waals surface area (Å²) >= 11 is 7.64. The molecule has 0 radical (unpaired) electrons. The summed E-state index contributed by atoms with van der Waals surface area (Å²) in [6, 6.07) is 10.9. The molecule has 1 aliphatic rings. The van der Waals surface area contributed by atoms with Crippen LogP contribution < -0.4 is 5.32 Å². The first-order chi connectivity index (χ1) is 13.1. The summed E-state index contributed by atoms with van der Waals surface area (Å²) in [5.74, 6) is 1.38. The molecule has 0 bridgehead atoms. The Kier molecular flexibility index (Phi) is 5.14. The van der Waals surface area contributed by atoms with Crippen molar-refractivity contribution < 1.29 is 9.21 Å². The Morgan fingerprint density at radius 3 is 2.89 bits per heavy atom. The second kappa shape index (κ2) is 7.71. The summed E-state index contributed by atoms with van der Waals surface area (Å²) in [5, 5.41) is 4.29. The Morgan fingerprint density at radius 1 is 1.26 bits per heavy atom. The van der Waals surface area contributed by atoms with Gasteiger partial charge in [-0.3, -0.25) is 4.79 Å². The highest BCUT2D eigenvalue weighted by Gasteiger charge is 2.25. The predicted octanol–water partition coefficient (Wildman–Crippen LogP) is 6.18. The van der Waals surface area contributed by atoms with Gasteiger partial charge in [-0.1, -0.05) is 17.7 Å². The lowest BCUT2D eigenvalue weighted by Gasteiger charge is -2.12. The molecule has 2 aromatic heterocycles. The van der Waals surface area contributed by atoms with Crippen LogP contribution in [0.2, 0.25) is 5.02 Å². The maximum atomic E-state index is 13.0. The molecule has 4 rings (SSSR count). The van der Waals surface area contributed by atoms with E-state index in [0.29, 0.717) is 22.0 Å². The van der Waals surface area contributed by atoms with E-state index < -0.39 is 0 Å². The minimum atomic E-state index is -0.139. The van der Waals surface area contributed by atoms with Crippen molar-refractivity contribution in [2.45, 2.75) is 32.6 Å². The van der Waals surface area contributed by atoms with Gasteiger partial charge in [0, 0.05) is 15.6 Å². The second-order valence-corrected chi connectivity index (χ2v) is 8.08. The first-order valence-corrected chi connectivity index (χ1v) is 10.1. The van der Waals surface area contributed by atoms with Gasteiger partial charge in [-0.05, 0) is 68.5 Å². The number of halogens is 1. The number of anilines is 1. The van der Waals surface area contributed by atoms with E-state index in [-0.39, 0.29) is 5.91 Å². The lowest BCUT2D eigenvalue weighted by Crippen LogP contribution is -2.14. The molecule has 4 nitrogen and oxygen atoms in total. The Morgan fingerprint density at radius 2 is 2.11 bits per heavy atom. The molecule has 3 aromatic rings. The highest BCUT2D eigenvalue weighted by atomic mass is 35.5. The summed E-state index contributed by atoms with van der Waals surface area (Å²) in [5.41, 5.74) is 2.49. The number of carbonyl (C=O) groups excluding carboxylic acids is 1. The van der Waals surface area contributed by atoms with E-state index in [1.54, 1.807) is 29.7 Å². The number of aryl methyl sites for hydroxylation is 2. The van der Waals surface area contributed by atoms with Gasteiger partial charge in [0.1, 0.15) is 16.5 Å². The van der Waals surface area contributed by atoms with Crippen LogP contribution in [-0.2, 0) is 12.8 Å². The fourth-order valence-electron chi connectivity index (χ4n) is 3.28. The van der Waals surface area contributed by atoms with Crippen molar-refractivity contribution in [1.82, 2.24) is 0 Å². The van der Waals surface area contributed by atoms with Crippen LogP contribution in [-0.4, -0.2) is 12.1 Å². The van der Waals surface area contributed by atoms with Gasteiger partial charge in [0.05, 0.1) is 11.8 Å². The van der Waals surface area contributed by atoms with Gasteiger partial charge >= 0.3 is 0 Å². The Balaban J connectivity index is 1.68. The summed E-state index contributed by atoms with van der Waals surface area (Å²) < 4.78 is 5.56. The van der Waals surface area contributed by atoms with Crippen molar-refractivity contribution in [2.75, 3.05) is 5.32 Å². The van der Waals surface area contributed by atoms with Crippen LogP contribution in [0.15, 0.2) is 45.8 Å². The molecule has 6 heteroatoms. The number of nitrogens with one attached hydrogen (secondary N) is 1. The number of benzene rings is 1. The van der Waals surface area contributed by atoms with Crippen LogP contribution in [0.4, 0.5) is 10.7 Å². The van der Waals surface area contributed by atoms with E-state index in [9.17, 15) is 4.79 Å². The zero-order valence-corrected chi connectivity index (χ0v) is 16.5. The van der Waals surface area contributed by atoms with Crippen LogP contribution in [0.5, 0.6) is 0 Å². The predicted molar refractivity (Wildman–Crippen MR) is 111 cm³/mol. The maximum Gasteiger partial charge on any atom is 0.259 e. The molecule has 0 saturated heterocycles. The van der Waals surface area contributed by atoms with Crippen molar-refractivity contribution >= 4 is 45.7 Å². The number of hydrogen-bond acceptors (Lipinski definition) is 4. The SMILES string of the molecule is Cc1ccc(/C=N/c2sc3c(c2C(=O)Nc2cccc(Cl)c2)CCCC3)o1. The Bertz CT molecular complexity index is 1020. The van der Waals surface area contributed by atoms with Crippen LogP contribution in [0.3, 0.4) is 0 Å². The fourth-order valence-corrected chi connectivity index (χ4v) is 4.70. The van der Waals surface area contributed by atoms with Crippen molar-refractivity contribution in [2.24, 2.45) is 4.99 Å². The van der Waals surface area contributed by atoms with E-state index in [0.717, 1.165) is 42.0 Å². The van der Waals surface area contributed by atoms with E-state index in [4.69, 9.17) is 16.0 Å². The molecule has 138 valence electrons. The standard InChI is InChI=1S/C21H19ClN2O2S/c1-13-9-10-16(26-13)12-23-21-19(17-7-2-3-8-18(17)27-21)20(25)24-15-6-4-5-14(22)11-15/h4-6,9-12H,2-3,7-8H2,1H3,(H,24,25)/b23-12+. The number of fused-ring (bicyclic) bond motifs is 1. The number of aliphatic imine (C=N–C) groups is 1. The van der Waals surface area contributed by atoms with Gasteiger partial charge in [0.25, 0.3) is 5.91 Å². The molecule has 0 aliphatic heterocycles. The number of amides is 1. The number of carbonyl (C=O) groups is 1. The van der Waals surface area contributed by atoms with E-state index in [2.05, 4.69) is 10.3 Å². The van der Waals surface area contributed by atoms with Crippen LogP contribution >= 0.6 is 22.9 Å². The molecular weight excluding hydrogens is 380 g/mol. The highest BCUT2D eigenvalue weighted by molar-refractivity contribution is 7.16. The van der Waals surface area contributed by atoms with Crippen molar-refractivity contribution in [3.05, 3.63) is 68.9 Å². The molecule has 1 N–H and O–H groups in total. The monoisotopic (exact) mass is 398 g/mol. The molecule has 1 amide bonds. The van der Waals surface area contributed by atoms with Crippen LogP contribution in [0.25, 0.3) is 0 Å². The summed E-state index contributed by atoms with van der Waals surface area (Å²) in [7, 11) is 0. The highest BCUT2D eigenvalue weighted by Crippen LogP contribution is 2.40. The third-order valence-corrected chi connectivity index (χ3v) is 5.97. The minimum absolute atomic E-state index is 0.139. The third kappa shape index (κ3) is 3.99. The van der Waals surface area contributed by atoms with E-state index in [1.165, 1.54) is 4.88 Å². The Labute approximate surface area is 166 Å². The zero-order chi connectivity index (χ0) is 18.8. The number of nitrogens with zero attached hydrogens (tertiary/aromatic N) is 1.